The molecule has 0 spiro atoms. The van der Waals surface area contributed by atoms with Crippen LogP contribution in [-0.2, 0) is 0 Å². The minimum atomic E-state index is 0.0240. The topological polar surface area (TPSA) is 73.5 Å². The van der Waals surface area contributed by atoms with Gasteiger partial charge in [0, 0.05) is 11.8 Å². The van der Waals surface area contributed by atoms with Crippen LogP contribution in [0.3, 0.4) is 0 Å². The Morgan fingerprint density at radius 2 is 2.27 bits per heavy atom. The van der Waals surface area contributed by atoms with E-state index in [0.29, 0.717) is 5.56 Å². The highest BCUT2D eigenvalue weighted by atomic mass is 16.3. The lowest BCUT2D eigenvalue weighted by molar-refractivity contribution is 0.475. The molecule has 0 fully saturated rings. The largest absolute Gasteiger partial charge is 0.508 e. The van der Waals surface area contributed by atoms with Gasteiger partial charge in [0.1, 0.15) is 11.4 Å². The normalized spacial score (nSPS) is 9.09. The Morgan fingerprint density at radius 3 is 2.82 bits per heavy atom. The van der Waals surface area contributed by atoms with E-state index in [4.69, 9.17) is 10.5 Å². The number of hydrogen-bond donors (Lipinski definition) is 2. The lowest BCUT2D eigenvalue weighted by atomic mass is 10.2. The Hall–Kier alpha value is -1.71. The van der Waals surface area contributed by atoms with Crippen molar-refractivity contribution in [2.45, 2.75) is 0 Å². The van der Waals surface area contributed by atoms with Gasteiger partial charge in [0.2, 0.25) is 0 Å². The summed E-state index contributed by atoms with van der Waals surface area (Å²) >= 11 is 0. The summed E-state index contributed by atoms with van der Waals surface area (Å²) in [6.07, 6.45) is 0.969. The van der Waals surface area contributed by atoms with Crippen LogP contribution in [0.1, 0.15) is 5.56 Å². The number of benzene rings is 1. The maximum Gasteiger partial charge on any atom is 0.117 e. The number of aromatic hydroxyl groups is 1. The van der Waals surface area contributed by atoms with Gasteiger partial charge in [-0.05, 0) is 23.4 Å². The predicted molar refractivity (Wildman–Crippen MR) is 41.4 cm³/mol. The third kappa shape index (κ3) is 1.40. The van der Waals surface area contributed by atoms with Crippen molar-refractivity contribution < 1.29 is 5.11 Å². The number of hydrogen-bond acceptors (Lipinski definition) is 4. The average Bonchev–Trinajstić information content (AvgIpc) is 2.04. The molecule has 1 aromatic carbocycles. The molecular formula is C7H6N2O2. The van der Waals surface area contributed by atoms with Gasteiger partial charge in [-0.3, -0.25) is 0 Å². The fraction of sp³-hybridized carbons (Fsp3) is 0. The summed E-state index contributed by atoms with van der Waals surface area (Å²) in [4.78, 5) is 10.1. The molecule has 0 bridgehead atoms. The monoisotopic (exact) mass is 150 g/mol. The third-order valence-corrected chi connectivity index (χ3v) is 1.26. The maximum absolute atomic E-state index is 10.1. The van der Waals surface area contributed by atoms with Gasteiger partial charge in [-0.1, -0.05) is 0 Å². The molecule has 0 saturated carbocycles. The van der Waals surface area contributed by atoms with Crippen LogP contribution in [0.2, 0.25) is 0 Å². The summed E-state index contributed by atoms with van der Waals surface area (Å²) in [7, 11) is 0. The van der Waals surface area contributed by atoms with E-state index in [1.807, 2.05) is 0 Å². The van der Waals surface area contributed by atoms with Gasteiger partial charge in [0.25, 0.3) is 0 Å². The first kappa shape index (κ1) is 7.40. The first-order valence-corrected chi connectivity index (χ1v) is 2.95. The SMILES string of the molecule is N=Cc1cc(O)ccc1N=O. The van der Waals surface area contributed by atoms with Crippen LogP contribution in [0.25, 0.3) is 0 Å². The van der Waals surface area contributed by atoms with Gasteiger partial charge in [0.15, 0.2) is 0 Å². The Labute approximate surface area is 63.0 Å². The van der Waals surface area contributed by atoms with Crippen LogP contribution in [0.5, 0.6) is 5.75 Å². The fourth-order valence-electron chi connectivity index (χ4n) is 0.741. The first-order valence-electron chi connectivity index (χ1n) is 2.95. The second kappa shape index (κ2) is 2.92. The Bertz CT molecular complexity index is 296. The molecule has 0 heterocycles. The van der Waals surface area contributed by atoms with Crippen molar-refractivity contribution in [3.05, 3.63) is 28.7 Å². The Balaban J connectivity index is 3.26. The van der Waals surface area contributed by atoms with E-state index in [2.05, 4.69) is 5.18 Å². The molecule has 11 heavy (non-hydrogen) atoms. The van der Waals surface area contributed by atoms with Crippen molar-refractivity contribution in [2.75, 3.05) is 0 Å². The van der Waals surface area contributed by atoms with E-state index >= 15 is 0 Å². The zero-order valence-electron chi connectivity index (χ0n) is 5.61. The molecule has 4 nitrogen and oxygen atoms in total. The third-order valence-electron chi connectivity index (χ3n) is 1.26. The van der Waals surface area contributed by atoms with Gasteiger partial charge >= 0.3 is 0 Å². The van der Waals surface area contributed by atoms with Gasteiger partial charge in [-0.25, -0.2) is 0 Å². The summed E-state index contributed by atoms with van der Waals surface area (Å²) in [5.74, 6) is 0.0240. The van der Waals surface area contributed by atoms with E-state index in [9.17, 15) is 4.91 Å². The second-order valence-corrected chi connectivity index (χ2v) is 1.98. The molecule has 0 amide bonds. The summed E-state index contributed by atoms with van der Waals surface area (Å²) in [5.41, 5.74) is 0.484. The van der Waals surface area contributed by atoms with E-state index in [-0.39, 0.29) is 11.4 Å². The molecule has 0 aliphatic rings. The van der Waals surface area contributed by atoms with E-state index in [1.54, 1.807) is 0 Å². The first-order chi connectivity index (χ1) is 5.27. The second-order valence-electron chi connectivity index (χ2n) is 1.98. The molecular weight excluding hydrogens is 144 g/mol. The summed E-state index contributed by atoms with van der Waals surface area (Å²) in [5, 5.41) is 18.4. The van der Waals surface area contributed by atoms with Crippen LogP contribution >= 0.6 is 0 Å². The van der Waals surface area contributed by atoms with Crippen molar-refractivity contribution in [1.82, 2.24) is 0 Å². The van der Waals surface area contributed by atoms with Crippen molar-refractivity contribution in [1.29, 1.82) is 5.41 Å². The van der Waals surface area contributed by atoms with Crippen molar-refractivity contribution in [2.24, 2.45) is 5.18 Å². The standard InChI is InChI=1S/C7H6N2O2/c8-4-5-3-6(10)1-2-7(5)9-11/h1-4,8,10H. The van der Waals surface area contributed by atoms with E-state index in [1.165, 1.54) is 18.2 Å². The number of nitrogens with zero attached hydrogens (tertiary/aromatic N) is 1. The number of nitroso groups, excluding NO2 is 1. The van der Waals surface area contributed by atoms with Gasteiger partial charge in [-0.15, -0.1) is 4.91 Å². The van der Waals surface area contributed by atoms with Gasteiger partial charge in [0.05, 0.1) is 0 Å². The van der Waals surface area contributed by atoms with Gasteiger partial charge < -0.3 is 10.5 Å². The van der Waals surface area contributed by atoms with Gasteiger partial charge in [-0.2, -0.15) is 0 Å². The van der Waals surface area contributed by atoms with Crippen LogP contribution in [0.4, 0.5) is 5.69 Å². The lowest BCUT2D eigenvalue weighted by Gasteiger charge is -1.95. The van der Waals surface area contributed by atoms with Crippen LogP contribution in [0.15, 0.2) is 23.4 Å². The predicted octanol–water partition coefficient (Wildman–Crippen LogP) is 1.79. The molecule has 0 aromatic heterocycles. The molecule has 0 atom stereocenters. The Kier molecular flexibility index (Phi) is 1.96. The van der Waals surface area contributed by atoms with Crippen LogP contribution < -0.4 is 0 Å². The molecule has 0 radical (unpaired) electrons. The highest BCUT2D eigenvalue weighted by Crippen LogP contribution is 2.21. The zero-order chi connectivity index (χ0) is 8.27. The summed E-state index contributed by atoms with van der Waals surface area (Å²) < 4.78 is 0. The average molecular weight is 150 g/mol. The van der Waals surface area contributed by atoms with Crippen LogP contribution in [-0.4, -0.2) is 11.3 Å². The van der Waals surface area contributed by atoms with Crippen molar-refractivity contribution >= 4 is 11.9 Å². The smallest absolute Gasteiger partial charge is 0.117 e. The summed E-state index contributed by atoms with van der Waals surface area (Å²) in [6.45, 7) is 0. The highest BCUT2D eigenvalue weighted by Gasteiger charge is 1.99. The maximum atomic E-state index is 10.1. The molecule has 0 saturated heterocycles. The molecule has 4 heteroatoms. The van der Waals surface area contributed by atoms with E-state index in [0.717, 1.165) is 6.21 Å². The lowest BCUT2D eigenvalue weighted by Crippen LogP contribution is -1.79. The summed E-state index contributed by atoms with van der Waals surface area (Å²) in [6, 6.07) is 4.02. The zero-order valence-corrected chi connectivity index (χ0v) is 5.61. The molecule has 2 N–H and O–H groups in total. The highest BCUT2D eigenvalue weighted by molar-refractivity contribution is 5.85. The quantitative estimate of drug-likeness (QED) is 0.498. The number of phenolic OH excluding ortho intramolecular Hbond substituents is 1. The van der Waals surface area contributed by atoms with Crippen molar-refractivity contribution in [3.8, 4) is 5.75 Å². The molecule has 0 unspecified atom stereocenters. The number of nitrogens with one attached hydrogen (secondary N) is 1. The van der Waals surface area contributed by atoms with Crippen molar-refractivity contribution in [3.63, 3.8) is 0 Å². The van der Waals surface area contributed by atoms with Crippen LogP contribution in [0, 0.1) is 10.3 Å². The molecule has 0 aliphatic heterocycles. The molecule has 0 aliphatic carbocycles. The number of phenols is 1. The minimum Gasteiger partial charge on any atom is -0.508 e. The molecule has 1 aromatic rings. The molecule has 56 valence electrons. The fourth-order valence-corrected chi connectivity index (χ4v) is 0.741. The number of rotatable bonds is 2. The minimum absolute atomic E-state index is 0.0240. The molecule has 1 rings (SSSR count). The van der Waals surface area contributed by atoms with E-state index < -0.39 is 0 Å². The Morgan fingerprint density at radius 1 is 1.55 bits per heavy atom.